The van der Waals surface area contributed by atoms with Gasteiger partial charge in [-0.05, 0) is 30.3 Å². The molecule has 4 heteroatoms. The summed E-state index contributed by atoms with van der Waals surface area (Å²) >= 11 is 3.27. The van der Waals surface area contributed by atoms with Crippen molar-refractivity contribution in [1.29, 1.82) is 0 Å². The molecule has 3 nitrogen and oxygen atoms in total. The Morgan fingerprint density at radius 1 is 1.11 bits per heavy atom. The molecule has 2 aromatic carbocycles. The van der Waals surface area contributed by atoms with Crippen LogP contribution in [0.25, 0.3) is 4.85 Å². The Morgan fingerprint density at radius 2 is 1.78 bits per heavy atom. The molecule has 0 saturated heterocycles. The van der Waals surface area contributed by atoms with Gasteiger partial charge in [-0.25, -0.2) is 4.85 Å². The third-order valence-electron chi connectivity index (χ3n) is 2.30. The first-order valence-corrected chi connectivity index (χ1v) is 5.92. The lowest BCUT2D eigenvalue weighted by Crippen LogP contribution is -1.87. The first-order chi connectivity index (χ1) is 8.72. The van der Waals surface area contributed by atoms with Crippen LogP contribution in [0.5, 0.6) is 11.5 Å². The van der Waals surface area contributed by atoms with Gasteiger partial charge in [0.2, 0.25) is 0 Å². The molecule has 0 N–H and O–H groups in total. The Kier molecular flexibility index (Phi) is 3.75. The van der Waals surface area contributed by atoms with Crippen LogP contribution in [-0.4, -0.2) is 6.29 Å². The maximum absolute atomic E-state index is 10.8. The third kappa shape index (κ3) is 2.76. The molecule has 0 radical (unpaired) electrons. The van der Waals surface area contributed by atoms with Crippen molar-refractivity contribution in [2.24, 2.45) is 0 Å². The Morgan fingerprint density at radius 3 is 2.39 bits per heavy atom. The molecule has 0 amide bonds. The van der Waals surface area contributed by atoms with Gasteiger partial charge in [-0.1, -0.05) is 28.1 Å². The number of hydrogen-bond acceptors (Lipinski definition) is 2. The summed E-state index contributed by atoms with van der Waals surface area (Å²) < 4.78 is 6.32. The van der Waals surface area contributed by atoms with E-state index in [0.29, 0.717) is 22.7 Å². The van der Waals surface area contributed by atoms with Crippen LogP contribution in [0, 0.1) is 6.57 Å². The monoisotopic (exact) mass is 301 g/mol. The van der Waals surface area contributed by atoms with Crippen LogP contribution < -0.4 is 4.74 Å². The molecule has 2 rings (SSSR count). The van der Waals surface area contributed by atoms with E-state index in [-0.39, 0.29) is 0 Å². The van der Waals surface area contributed by atoms with Crippen LogP contribution in [0.2, 0.25) is 0 Å². The average molecular weight is 302 g/mol. The van der Waals surface area contributed by atoms with E-state index >= 15 is 0 Å². The number of nitrogens with zero attached hydrogens (tertiary/aromatic N) is 1. The minimum Gasteiger partial charge on any atom is -0.457 e. The van der Waals surface area contributed by atoms with Gasteiger partial charge in [0.1, 0.15) is 11.5 Å². The topological polar surface area (TPSA) is 30.7 Å². The van der Waals surface area contributed by atoms with Crippen LogP contribution in [0.15, 0.2) is 46.9 Å². The van der Waals surface area contributed by atoms with Crippen molar-refractivity contribution in [2.45, 2.75) is 0 Å². The van der Waals surface area contributed by atoms with Crippen molar-refractivity contribution < 1.29 is 9.53 Å². The fourth-order valence-electron chi connectivity index (χ4n) is 1.40. The van der Waals surface area contributed by atoms with Gasteiger partial charge >= 0.3 is 0 Å². The molecule has 0 aliphatic heterocycles. The molecule has 0 unspecified atom stereocenters. The minimum atomic E-state index is 0.533. The van der Waals surface area contributed by atoms with Gasteiger partial charge < -0.3 is 4.74 Å². The highest BCUT2D eigenvalue weighted by Gasteiger charge is 2.02. The first kappa shape index (κ1) is 12.3. The zero-order valence-corrected chi connectivity index (χ0v) is 10.8. The van der Waals surface area contributed by atoms with Crippen molar-refractivity contribution in [2.75, 3.05) is 0 Å². The molecular formula is C14H8BrNO2. The third-order valence-corrected chi connectivity index (χ3v) is 3.02. The van der Waals surface area contributed by atoms with Crippen molar-refractivity contribution >= 4 is 27.9 Å². The second kappa shape index (κ2) is 5.48. The summed E-state index contributed by atoms with van der Waals surface area (Å²) in [5.74, 6) is 1.21. The van der Waals surface area contributed by atoms with E-state index in [2.05, 4.69) is 20.8 Å². The van der Waals surface area contributed by atoms with Gasteiger partial charge in [-0.3, -0.25) is 4.79 Å². The van der Waals surface area contributed by atoms with Crippen LogP contribution in [0.4, 0.5) is 5.69 Å². The summed E-state index contributed by atoms with van der Waals surface area (Å²) in [7, 11) is 0. The Bertz CT molecular complexity index is 615. The van der Waals surface area contributed by atoms with Gasteiger partial charge in [0.05, 0.1) is 6.57 Å². The lowest BCUT2D eigenvalue weighted by molar-refractivity contribution is 0.112. The Labute approximate surface area is 113 Å². The highest BCUT2D eigenvalue weighted by molar-refractivity contribution is 9.10. The standard InChI is InChI=1S/C14H8BrNO2/c1-16-11-2-4-12(5-3-11)18-13-6-7-14(15)10(8-13)9-17/h2-9H. The van der Waals surface area contributed by atoms with Crippen LogP contribution in [0.1, 0.15) is 10.4 Å². The summed E-state index contributed by atoms with van der Waals surface area (Å²) in [5, 5.41) is 0. The lowest BCUT2D eigenvalue weighted by atomic mass is 10.2. The summed E-state index contributed by atoms with van der Waals surface area (Å²) in [6.45, 7) is 6.85. The number of rotatable bonds is 3. The van der Waals surface area contributed by atoms with E-state index in [4.69, 9.17) is 11.3 Å². The predicted octanol–water partition coefficient (Wildman–Crippen LogP) is 4.60. The summed E-state index contributed by atoms with van der Waals surface area (Å²) in [6, 6.07) is 12.0. The van der Waals surface area contributed by atoms with Gasteiger partial charge in [0, 0.05) is 10.0 Å². The fourth-order valence-corrected chi connectivity index (χ4v) is 1.74. The highest BCUT2D eigenvalue weighted by Crippen LogP contribution is 2.27. The number of ether oxygens (including phenoxy) is 1. The summed E-state index contributed by atoms with van der Waals surface area (Å²) in [4.78, 5) is 14.1. The largest absolute Gasteiger partial charge is 0.457 e. The molecule has 0 atom stereocenters. The molecule has 0 aliphatic carbocycles. The van der Waals surface area contributed by atoms with Crippen LogP contribution in [0.3, 0.4) is 0 Å². The molecule has 0 aromatic heterocycles. The smallest absolute Gasteiger partial charge is 0.187 e. The normalized spacial score (nSPS) is 9.56. The van der Waals surface area contributed by atoms with Crippen molar-refractivity contribution in [1.82, 2.24) is 0 Å². The number of aldehydes is 1. The second-order valence-corrected chi connectivity index (χ2v) is 4.36. The average Bonchev–Trinajstić information content (AvgIpc) is 2.42. The molecule has 0 bridgehead atoms. The lowest BCUT2D eigenvalue weighted by Gasteiger charge is -2.06. The number of carbonyl (C=O) groups is 1. The fraction of sp³-hybridized carbons (Fsp3) is 0. The second-order valence-electron chi connectivity index (χ2n) is 3.51. The molecule has 0 saturated carbocycles. The van der Waals surface area contributed by atoms with Gasteiger partial charge in [-0.2, -0.15) is 0 Å². The van der Waals surface area contributed by atoms with Crippen LogP contribution >= 0.6 is 15.9 Å². The number of hydrogen-bond donors (Lipinski definition) is 0. The SMILES string of the molecule is [C-]#[N+]c1ccc(Oc2ccc(Br)c(C=O)c2)cc1. The van der Waals surface area contributed by atoms with Gasteiger partial charge in [0.15, 0.2) is 12.0 Å². The Balaban J connectivity index is 2.23. The molecule has 0 fully saturated rings. The molecule has 2 aromatic rings. The molecule has 88 valence electrons. The van der Waals surface area contributed by atoms with E-state index in [1.165, 1.54) is 0 Å². The van der Waals surface area contributed by atoms with E-state index in [0.717, 1.165) is 10.8 Å². The number of benzene rings is 2. The first-order valence-electron chi connectivity index (χ1n) is 5.13. The molecular weight excluding hydrogens is 294 g/mol. The van der Waals surface area contributed by atoms with Crippen LogP contribution in [-0.2, 0) is 0 Å². The minimum absolute atomic E-state index is 0.533. The van der Waals surface area contributed by atoms with E-state index < -0.39 is 0 Å². The maximum atomic E-state index is 10.8. The summed E-state index contributed by atoms with van der Waals surface area (Å²) in [5.41, 5.74) is 1.09. The molecule has 0 heterocycles. The van der Waals surface area contributed by atoms with Crippen molar-refractivity contribution in [3.05, 3.63) is 63.9 Å². The van der Waals surface area contributed by atoms with E-state index in [1.807, 2.05) is 0 Å². The maximum Gasteiger partial charge on any atom is 0.187 e. The molecule has 0 spiro atoms. The molecule has 18 heavy (non-hydrogen) atoms. The zero-order valence-electron chi connectivity index (χ0n) is 9.26. The summed E-state index contributed by atoms with van der Waals surface area (Å²) in [6.07, 6.45) is 0.763. The van der Waals surface area contributed by atoms with Crippen molar-refractivity contribution in [3.8, 4) is 11.5 Å². The van der Waals surface area contributed by atoms with E-state index in [1.54, 1.807) is 42.5 Å². The number of halogens is 1. The van der Waals surface area contributed by atoms with Gasteiger partial charge in [-0.15, -0.1) is 0 Å². The quantitative estimate of drug-likeness (QED) is 0.612. The van der Waals surface area contributed by atoms with E-state index in [9.17, 15) is 4.79 Å². The Hall–Kier alpha value is -2.12. The molecule has 0 aliphatic rings. The highest BCUT2D eigenvalue weighted by atomic mass is 79.9. The zero-order chi connectivity index (χ0) is 13.0. The van der Waals surface area contributed by atoms with Crippen molar-refractivity contribution in [3.63, 3.8) is 0 Å². The predicted molar refractivity (Wildman–Crippen MR) is 72.3 cm³/mol. The van der Waals surface area contributed by atoms with Gasteiger partial charge in [0.25, 0.3) is 0 Å². The number of carbonyl (C=O) groups excluding carboxylic acids is 1.